The number of carboxylic acid groups (broad SMARTS) is 1. The first kappa shape index (κ1) is 27.6. The third-order valence-corrected chi connectivity index (χ3v) is 9.03. The molecule has 1 fully saturated rings. The number of nitro groups is 1. The third kappa shape index (κ3) is 4.81. The fraction of sp³-hybridized carbons (Fsp3) is 0.321. The summed E-state index contributed by atoms with van der Waals surface area (Å²) >= 11 is 1.34. The molecule has 218 valence electrons. The summed E-state index contributed by atoms with van der Waals surface area (Å²) in [6, 6.07) is 9.61. The number of aliphatic carboxylic acids is 1. The lowest BCUT2D eigenvalue weighted by Gasteiger charge is -2.55. The molecule has 1 saturated heterocycles. The molecule has 42 heavy (non-hydrogen) atoms. The van der Waals surface area contributed by atoms with Gasteiger partial charge in [0.15, 0.2) is 12.8 Å². The van der Waals surface area contributed by atoms with Crippen molar-refractivity contribution in [2.24, 2.45) is 0 Å². The van der Waals surface area contributed by atoms with Crippen LogP contribution in [0.15, 0.2) is 47.7 Å². The van der Waals surface area contributed by atoms with Gasteiger partial charge in [-0.25, -0.2) is 4.79 Å². The highest BCUT2D eigenvalue weighted by Crippen LogP contribution is 2.43. The van der Waals surface area contributed by atoms with E-state index in [4.69, 9.17) is 9.47 Å². The number of carbonyl (C=O) groups excluding carboxylic acids is 2. The number of non-ortho nitro benzene ring substituents is 1. The number of esters is 1. The fourth-order valence-corrected chi connectivity index (χ4v) is 7.12. The summed E-state index contributed by atoms with van der Waals surface area (Å²) in [6.45, 7) is 0.738. The van der Waals surface area contributed by atoms with Crippen LogP contribution in [0.3, 0.4) is 0 Å². The average Bonchev–Trinajstić information content (AvgIpc) is 3.35. The number of hydrogen-bond acceptors (Lipinski definition) is 10. The number of carbonyl (C=O) groups is 3. The van der Waals surface area contributed by atoms with Crippen molar-refractivity contribution in [3.8, 4) is 17.0 Å². The molecule has 2 aliphatic heterocycles. The molecule has 0 bridgehead atoms. The second kappa shape index (κ2) is 10.7. The zero-order valence-electron chi connectivity index (χ0n) is 22.3. The zero-order valence-corrected chi connectivity index (χ0v) is 23.1. The van der Waals surface area contributed by atoms with Crippen molar-refractivity contribution < 1.29 is 39.0 Å². The Morgan fingerprint density at radius 1 is 1.21 bits per heavy atom. The van der Waals surface area contributed by atoms with Gasteiger partial charge in [-0.15, -0.1) is 11.8 Å². The van der Waals surface area contributed by atoms with Crippen LogP contribution in [0.4, 0.5) is 5.69 Å². The number of fused-ring (bicyclic) bond motifs is 6. The number of nitrogens with one attached hydrogen (secondary N) is 2. The van der Waals surface area contributed by atoms with E-state index in [0.29, 0.717) is 16.8 Å². The Morgan fingerprint density at radius 2 is 2.02 bits per heavy atom. The van der Waals surface area contributed by atoms with E-state index in [1.54, 1.807) is 12.1 Å². The molecule has 0 radical (unpaired) electrons. The maximum absolute atomic E-state index is 12.7. The van der Waals surface area contributed by atoms with E-state index in [1.807, 2.05) is 12.1 Å². The van der Waals surface area contributed by atoms with Crippen LogP contribution in [0, 0.1) is 10.1 Å². The van der Waals surface area contributed by atoms with Crippen LogP contribution in [0.1, 0.15) is 18.1 Å². The first-order chi connectivity index (χ1) is 20.1. The molecule has 1 amide bonds. The molecule has 4 N–H and O–H groups in total. The van der Waals surface area contributed by atoms with Crippen molar-refractivity contribution in [1.29, 1.82) is 0 Å². The van der Waals surface area contributed by atoms with Crippen LogP contribution in [0.25, 0.3) is 22.2 Å². The number of aromatic nitrogens is 1. The number of amides is 1. The van der Waals surface area contributed by atoms with Gasteiger partial charge in [0, 0.05) is 47.0 Å². The summed E-state index contributed by atoms with van der Waals surface area (Å²) in [5, 5.41) is 34.8. The van der Waals surface area contributed by atoms with Gasteiger partial charge in [-0.1, -0.05) is 0 Å². The van der Waals surface area contributed by atoms with Crippen molar-refractivity contribution in [3.05, 3.63) is 68.9 Å². The molecule has 1 unspecified atom stereocenters. The first-order valence-electron chi connectivity index (χ1n) is 13.1. The monoisotopic (exact) mass is 594 g/mol. The van der Waals surface area contributed by atoms with Gasteiger partial charge < -0.3 is 34.9 Å². The number of thioether (sulfide) groups is 1. The number of nitro benzene ring substituents is 1. The lowest BCUT2D eigenvalue weighted by atomic mass is 9.89. The van der Waals surface area contributed by atoms with Crippen LogP contribution in [0.2, 0.25) is 0 Å². The van der Waals surface area contributed by atoms with Crippen LogP contribution >= 0.6 is 11.8 Å². The predicted molar refractivity (Wildman–Crippen MR) is 151 cm³/mol. The number of aromatic amines is 1. The average molecular weight is 595 g/mol. The normalized spacial score (nSPS) is 20.6. The van der Waals surface area contributed by atoms with Crippen molar-refractivity contribution in [3.63, 3.8) is 0 Å². The quantitative estimate of drug-likeness (QED) is 0.170. The Morgan fingerprint density at radius 3 is 2.76 bits per heavy atom. The molecule has 0 saturated carbocycles. The standard InChI is InChI=1S/C28H26N4O9S/c1-13(33)40-10-15-12-42-27-24(26(35)31(27)25(15)28(36)37)30-22(34)11-41-17-4-7-18-14(8-17)2-5-20-19-6-3-16(32(38)39)9-21(19)29-23(18)20/h3-4,6-9,24,26-27,29,35H,2,5,10-12H2,1H3,(H,30,34)(H,36,37)/t24-,26?,27-/m1/s1. The van der Waals surface area contributed by atoms with Gasteiger partial charge >= 0.3 is 11.9 Å². The molecule has 13 nitrogen and oxygen atoms in total. The summed E-state index contributed by atoms with van der Waals surface area (Å²) < 4.78 is 10.7. The summed E-state index contributed by atoms with van der Waals surface area (Å²) in [7, 11) is 0. The molecule has 3 aromatic rings. The van der Waals surface area contributed by atoms with Crippen LogP contribution in [-0.2, 0) is 32.0 Å². The number of carboxylic acids is 1. The van der Waals surface area contributed by atoms with Gasteiger partial charge in [0.2, 0.25) is 0 Å². The molecular formula is C28H26N4O9S. The molecule has 3 atom stereocenters. The van der Waals surface area contributed by atoms with E-state index in [0.717, 1.165) is 40.6 Å². The SMILES string of the molecule is CC(=O)OCC1=C(C(=O)O)N2C(O)[C@@H](NC(=O)COc3ccc4c(c3)CCc3c-4[nH]c4cc([N+](=O)[O-])ccc34)[C@H]2SC1. The molecule has 1 aromatic heterocycles. The molecule has 14 heteroatoms. The minimum atomic E-state index is -1.26. The second-order valence-corrected chi connectivity index (χ2v) is 11.3. The van der Waals surface area contributed by atoms with E-state index < -0.39 is 40.4 Å². The number of rotatable bonds is 8. The second-order valence-electron chi connectivity index (χ2n) is 10.2. The highest BCUT2D eigenvalue weighted by atomic mass is 32.2. The highest BCUT2D eigenvalue weighted by Gasteiger charge is 2.53. The predicted octanol–water partition coefficient (Wildman–Crippen LogP) is 2.31. The zero-order chi connectivity index (χ0) is 29.7. The van der Waals surface area contributed by atoms with E-state index >= 15 is 0 Å². The molecular weight excluding hydrogens is 568 g/mol. The van der Waals surface area contributed by atoms with Crippen molar-refractivity contribution in [2.45, 2.75) is 37.4 Å². The number of ether oxygens (including phenoxy) is 2. The fourth-order valence-electron chi connectivity index (χ4n) is 5.72. The van der Waals surface area contributed by atoms with E-state index in [9.17, 15) is 34.7 Å². The largest absolute Gasteiger partial charge is 0.484 e. The van der Waals surface area contributed by atoms with E-state index in [1.165, 1.54) is 35.7 Å². The summed E-state index contributed by atoms with van der Waals surface area (Å²) in [4.78, 5) is 51.2. The lowest BCUT2D eigenvalue weighted by molar-refractivity contribution is -0.384. The molecule has 1 aliphatic carbocycles. The van der Waals surface area contributed by atoms with Crippen LogP contribution < -0.4 is 10.1 Å². The van der Waals surface area contributed by atoms with Crippen LogP contribution in [0.5, 0.6) is 5.75 Å². The summed E-state index contributed by atoms with van der Waals surface area (Å²) in [5.41, 5.74) is 4.98. The summed E-state index contributed by atoms with van der Waals surface area (Å²) in [5.74, 6) is -1.49. The van der Waals surface area contributed by atoms with Gasteiger partial charge in [-0.2, -0.15) is 0 Å². The molecule has 6 rings (SSSR count). The number of hydrogen-bond donors (Lipinski definition) is 4. The summed E-state index contributed by atoms with van der Waals surface area (Å²) in [6.07, 6.45) is 0.215. The number of aliphatic hydroxyl groups excluding tert-OH is 1. The molecule has 3 aliphatic rings. The van der Waals surface area contributed by atoms with E-state index in [-0.39, 0.29) is 30.4 Å². The Bertz CT molecular complexity index is 1680. The van der Waals surface area contributed by atoms with Gasteiger partial charge in [-0.05, 0) is 48.2 Å². The van der Waals surface area contributed by atoms with Gasteiger partial charge in [0.25, 0.3) is 11.6 Å². The minimum Gasteiger partial charge on any atom is -0.484 e. The van der Waals surface area contributed by atoms with Crippen LogP contribution in [-0.4, -0.2) is 79.5 Å². The smallest absolute Gasteiger partial charge is 0.352 e. The molecule has 3 heterocycles. The lowest BCUT2D eigenvalue weighted by Crippen LogP contribution is -2.73. The van der Waals surface area contributed by atoms with Crippen molar-refractivity contribution >= 4 is 46.2 Å². The number of H-pyrrole nitrogens is 1. The van der Waals surface area contributed by atoms with Gasteiger partial charge in [-0.3, -0.25) is 19.7 Å². The number of aryl methyl sites for hydroxylation is 2. The Labute approximate surface area is 242 Å². The first-order valence-corrected chi connectivity index (χ1v) is 14.2. The Kier molecular flexibility index (Phi) is 7.02. The molecule has 2 aromatic carbocycles. The van der Waals surface area contributed by atoms with Gasteiger partial charge in [0.1, 0.15) is 29.5 Å². The Balaban J connectivity index is 1.10. The topological polar surface area (TPSA) is 184 Å². The highest BCUT2D eigenvalue weighted by molar-refractivity contribution is 8.00. The van der Waals surface area contributed by atoms with Crippen molar-refractivity contribution in [2.75, 3.05) is 19.0 Å². The third-order valence-electron chi connectivity index (χ3n) is 7.65. The van der Waals surface area contributed by atoms with Gasteiger partial charge in [0.05, 0.1) is 10.4 Å². The molecule has 0 spiro atoms. The van der Waals surface area contributed by atoms with E-state index in [2.05, 4.69) is 10.3 Å². The maximum Gasteiger partial charge on any atom is 0.352 e. The number of nitrogens with zero attached hydrogens (tertiary/aromatic N) is 2. The number of benzene rings is 2. The van der Waals surface area contributed by atoms with Crippen molar-refractivity contribution in [1.82, 2.24) is 15.2 Å². The maximum atomic E-state index is 12.7. The Hall–Kier alpha value is -4.56. The number of aliphatic hydroxyl groups is 1. The minimum absolute atomic E-state index is 0.0235.